The first-order valence-corrected chi connectivity index (χ1v) is 51.9. The first kappa shape index (κ1) is 91.7. The minimum absolute atomic E-state index is 1.04. The van der Waals surface area contributed by atoms with Crippen LogP contribution in [0, 0.1) is 0 Å². The number of rotatable bonds is 24. The van der Waals surface area contributed by atoms with Gasteiger partial charge in [0.25, 0.3) is 0 Å². The fraction of sp³-hybridized carbons (Fsp3) is 0. The van der Waals surface area contributed by atoms with Crippen molar-refractivity contribution in [2.75, 3.05) is 0 Å². The first-order valence-electron chi connectivity index (χ1n) is 51.9. The molecule has 0 unspecified atom stereocenters. The van der Waals surface area contributed by atoms with Crippen molar-refractivity contribution in [3.05, 3.63) is 619 Å². The van der Waals surface area contributed by atoms with E-state index in [4.69, 9.17) is 0 Å². The zero-order valence-corrected chi connectivity index (χ0v) is 82.9. The van der Waals surface area contributed by atoms with E-state index in [-0.39, 0.29) is 0 Å². The molecule has 0 spiro atoms. The van der Waals surface area contributed by atoms with Gasteiger partial charge in [-0.15, -0.1) is 0 Å². The largest absolute Gasteiger partial charge is 0.0622 e. The number of hydrogen-bond donors (Lipinski definition) is 0. The highest BCUT2D eigenvalue weighted by molar-refractivity contribution is 6.22. The minimum Gasteiger partial charge on any atom is -0.0622 e. The fourth-order valence-corrected chi connectivity index (χ4v) is 23.2. The summed E-state index contributed by atoms with van der Waals surface area (Å²) in [6.07, 6.45) is 0. The first-order chi connectivity index (χ1) is 74.6. The van der Waals surface area contributed by atoms with Crippen molar-refractivity contribution in [1.82, 2.24) is 0 Å². The van der Waals surface area contributed by atoms with E-state index in [1.165, 1.54) is 0 Å². The molecule has 0 aliphatic heterocycles. The van der Waals surface area contributed by atoms with Crippen molar-refractivity contribution in [3.63, 3.8) is 0 Å². The summed E-state index contributed by atoms with van der Waals surface area (Å²) in [6, 6.07) is 230. The van der Waals surface area contributed by atoms with Crippen LogP contribution in [0.1, 0.15) is 0 Å². The van der Waals surface area contributed by atoms with Crippen LogP contribution in [0.4, 0.5) is 0 Å². The molecule has 0 radical (unpaired) electrons. The normalized spacial score (nSPS) is 11.2. The minimum atomic E-state index is 1.04. The summed E-state index contributed by atoms with van der Waals surface area (Å²) in [4.78, 5) is 0. The van der Waals surface area contributed by atoms with Gasteiger partial charge in [0.15, 0.2) is 0 Å². The van der Waals surface area contributed by atoms with Gasteiger partial charge in [-0.25, -0.2) is 0 Å². The van der Waals surface area contributed by atoms with Crippen LogP contribution in [0.3, 0.4) is 0 Å². The molecule has 0 saturated heterocycles. The topological polar surface area (TPSA) is 0 Å². The molecule has 25 aromatic rings. The molecule has 0 heterocycles. The maximum absolute atomic E-state index is 2.46. The molecule has 0 amide bonds. The van der Waals surface area contributed by atoms with Crippen molar-refractivity contribution in [2.45, 2.75) is 0 Å². The quantitative estimate of drug-likeness (QED) is 0.0566. The van der Waals surface area contributed by atoms with Crippen LogP contribution < -0.4 is 0 Å². The summed E-state index contributed by atoms with van der Waals surface area (Å²) in [5, 5.41) is 0. The summed E-state index contributed by atoms with van der Waals surface area (Å²) in [5.41, 5.74) is 53.5. The van der Waals surface area contributed by atoms with E-state index in [1.54, 1.807) is 0 Å². The van der Waals surface area contributed by atoms with Gasteiger partial charge in [-0.2, -0.15) is 0 Å². The second kappa shape index (κ2) is 41.7. The van der Waals surface area contributed by atoms with Gasteiger partial charge in [-0.3, -0.25) is 0 Å². The molecule has 25 rings (SSSR count). The summed E-state index contributed by atoms with van der Waals surface area (Å²) >= 11 is 0. The summed E-state index contributed by atoms with van der Waals surface area (Å²) < 4.78 is 0. The summed E-state index contributed by atoms with van der Waals surface area (Å²) in [5.74, 6) is 0. The lowest BCUT2D eigenvalue weighted by molar-refractivity contribution is 1.49. The zero-order valence-electron chi connectivity index (χ0n) is 82.9. The molecule has 0 fully saturated rings. The molecule has 0 aliphatic rings. The van der Waals surface area contributed by atoms with E-state index in [1.807, 2.05) is 0 Å². The predicted octanol–water partition coefficient (Wildman–Crippen LogP) is 41.7. The molecule has 0 saturated carbocycles. The van der Waals surface area contributed by atoms with Gasteiger partial charge >= 0.3 is 0 Å². The lowest BCUT2D eigenvalue weighted by Gasteiger charge is -2.30. The smallest absolute Gasteiger partial charge is 0.00139 e. The monoisotopic (exact) mass is 1900 g/mol. The Kier molecular flexibility index (Phi) is 25.5. The lowest BCUT2D eigenvalue weighted by Crippen LogP contribution is -2.03. The Morgan fingerprint density at radius 2 is 0.0800 bits per heavy atom. The van der Waals surface area contributed by atoms with Crippen LogP contribution >= 0.6 is 0 Å². The van der Waals surface area contributed by atoms with Gasteiger partial charge in [0.05, 0.1) is 0 Å². The van der Waals surface area contributed by atoms with E-state index in [9.17, 15) is 0 Å². The van der Waals surface area contributed by atoms with Crippen LogP contribution in [-0.4, -0.2) is 0 Å². The molecule has 0 bridgehead atoms. The third-order valence-corrected chi connectivity index (χ3v) is 29.5. The third kappa shape index (κ3) is 17.4. The van der Waals surface area contributed by atoms with Crippen molar-refractivity contribution in [1.29, 1.82) is 0 Å². The van der Waals surface area contributed by atoms with Crippen LogP contribution in [-0.2, 0) is 0 Å². The van der Waals surface area contributed by atoms with Crippen LogP contribution in [0.25, 0.3) is 267 Å². The molecule has 0 aromatic heterocycles. The number of benzene rings is 25. The Balaban J connectivity index is 0.833. The third-order valence-electron chi connectivity index (χ3n) is 29.5. The Hall–Kier alpha value is -19.5. The van der Waals surface area contributed by atoms with Crippen molar-refractivity contribution in [3.8, 4) is 267 Å². The maximum Gasteiger partial charge on any atom is -0.00139 e. The Morgan fingerprint density at radius 1 is 0.0400 bits per heavy atom. The van der Waals surface area contributed by atoms with E-state index < -0.39 is 0 Å². The van der Waals surface area contributed by atoms with E-state index >= 15 is 0 Å². The molecule has 702 valence electrons. The maximum atomic E-state index is 2.46. The fourth-order valence-electron chi connectivity index (χ4n) is 23.2. The Bertz CT molecular complexity index is 7860. The molecule has 0 heteroatoms. The Morgan fingerprint density at radius 3 is 0.127 bits per heavy atom. The molecule has 150 heavy (non-hydrogen) atoms. The summed E-state index contributed by atoms with van der Waals surface area (Å²) in [7, 11) is 0. The van der Waals surface area contributed by atoms with E-state index in [0.717, 1.165) is 267 Å². The second-order valence-electron chi connectivity index (χ2n) is 38.3. The highest BCUT2D eigenvalue weighted by atomic mass is 14.4. The highest BCUT2D eigenvalue weighted by Gasteiger charge is 2.37. The highest BCUT2D eigenvalue weighted by Crippen LogP contribution is 2.64. The van der Waals surface area contributed by atoms with Gasteiger partial charge in [0, 0.05) is 0 Å². The van der Waals surface area contributed by atoms with Crippen LogP contribution in [0.5, 0.6) is 0 Å². The zero-order chi connectivity index (χ0) is 99.8. The van der Waals surface area contributed by atoms with Crippen molar-refractivity contribution < 1.29 is 0 Å². The molecule has 0 nitrogen and oxygen atoms in total. The molecule has 25 aromatic carbocycles. The lowest BCUT2D eigenvalue weighted by atomic mass is 9.72. The van der Waals surface area contributed by atoms with Gasteiger partial charge in [-0.1, -0.05) is 619 Å². The SMILES string of the molecule is c1ccc(-c2c(-c3ccccc3)c(-c3ccccc3)c(-c3ccc(-c4c(-c5ccccc5)c(-c5ccc(-c6c(-c7ccccc7)c(-c7ccccc7)c(-c7ccccc7)c(-c7ccccc7)c6-c6ccccc6)cc5)c(-c5ccccc5)c(-c5ccc(-c6c(-c7ccccc7)c(-c7ccccc7)c(-c7ccccc7)c(-c7ccccc7)c6-c6ccccc6)cc5)c4-c4ccccc4)cc3)c(-c3ccccc3)c2-c2ccccc2)cc1. The molecule has 0 N–H and O–H groups in total. The van der Waals surface area contributed by atoms with Crippen LogP contribution in [0.2, 0.25) is 0 Å². The van der Waals surface area contributed by atoms with Gasteiger partial charge < -0.3 is 0 Å². The standard InChI is InChI=1S/C150H102/c1-19-55-103(56-20-1)127-130(106-61-25-4-26-62-106)136(112-73-37-10-38-74-112)145(137(113-75-39-11-40-76-113)131(127)107-63-27-5-28-64-107)121-91-97-124(98-92-121)148-142(118-85-49-16-50-86-118)149(125-99-93-122(94-100-125)146-138(114-77-41-12-42-78-114)132(108-65-29-6-30-66-108)128(104-57-21-2-22-58-104)133(109-67-31-7-32-68-109)139(146)115-79-43-13-44-80-115)144(120-89-53-18-54-90-120)150(143(148)119-87-51-17-52-88-119)126-101-95-123(96-102-126)147-140(116-81-45-14-46-82-116)134(110-69-33-8-34-70-110)129(105-59-23-3-24-60-105)135(111-71-35-9-36-72-111)141(147)117-83-47-15-48-84-117/h1-102H. The van der Waals surface area contributed by atoms with E-state index in [2.05, 4.69) is 619 Å². The number of hydrogen-bond acceptors (Lipinski definition) is 0. The predicted molar refractivity (Wildman–Crippen MR) is 637 cm³/mol. The average Bonchev–Trinajstić information content (AvgIpc) is 0.724. The molecular formula is C150H102. The van der Waals surface area contributed by atoms with E-state index in [0.29, 0.717) is 0 Å². The average molecular weight is 1900 g/mol. The van der Waals surface area contributed by atoms with Crippen LogP contribution in [0.15, 0.2) is 619 Å². The molecular weight excluding hydrogens is 1800 g/mol. The Labute approximate surface area is 879 Å². The van der Waals surface area contributed by atoms with Crippen molar-refractivity contribution in [2.24, 2.45) is 0 Å². The van der Waals surface area contributed by atoms with Gasteiger partial charge in [0.1, 0.15) is 0 Å². The van der Waals surface area contributed by atoms with Gasteiger partial charge in [0.2, 0.25) is 0 Å². The molecule has 0 atom stereocenters. The second-order valence-corrected chi connectivity index (χ2v) is 38.3. The molecule has 0 aliphatic carbocycles. The van der Waals surface area contributed by atoms with Gasteiger partial charge in [-0.05, 0) is 267 Å². The summed E-state index contributed by atoms with van der Waals surface area (Å²) in [6.45, 7) is 0. The van der Waals surface area contributed by atoms with Crippen molar-refractivity contribution >= 4 is 0 Å².